The zero-order valence-electron chi connectivity index (χ0n) is 12.4. The van der Waals surface area contributed by atoms with Crippen LogP contribution in [-0.2, 0) is 0 Å². The molecule has 5 heteroatoms. The van der Waals surface area contributed by atoms with Crippen molar-refractivity contribution in [3.8, 4) is 0 Å². The number of rotatable bonds is 6. The predicted molar refractivity (Wildman–Crippen MR) is 76.4 cm³/mol. The van der Waals surface area contributed by atoms with E-state index >= 15 is 0 Å². The van der Waals surface area contributed by atoms with Gasteiger partial charge in [0.05, 0.1) is 0 Å². The van der Waals surface area contributed by atoms with Crippen LogP contribution < -0.4 is 11.1 Å². The lowest BCUT2D eigenvalue weighted by atomic mass is 9.88. The molecule has 0 saturated heterocycles. The lowest BCUT2D eigenvalue weighted by Gasteiger charge is -2.24. The Balaban J connectivity index is 2.52. The highest BCUT2D eigenvalue weighted by Gasteiger charge is 2.23. The molecule has 1 aromatic rings. The Bertz CT molecular complexity index is 450. The van der Waals surface area contributed by atoms with Crippen LogP contribution in [0.25, 0.3) is 0 Å². The SMILES string of the molecule is Cc1cc(C(C)NCCC(C)(C)C(N)=NO)c(C)o1. The molecule has 0 bridgehead atoms. The molecular weight excluding hydrogens is 242 g/mol. The van der Waals surface area contributed by atoms with Gasteiger partial charge in [-0.1, -0.05) is 19.0 Å². The van der Waals surface area contributed by atoms with Crippen LogP contribution in [0.2, 0.25) is 0 Å². The van der Waals surface area contributed by atoms with Gasteiger partial charge in [-0.3, -0.25) is 0 Å². The molecule has 5 nitrogen and oxygen atoms in total. The molecule has 0 fully saturated rings. The highest BCUT2D eigenvalue weighted by molar-refractivity contribution is 5.85. The minimum atomic E-state index is -0.317. The molecule has 108 valence electrons. The summed E-state index contributed by atoms with van der Waals surface area (Å²) in [4.78, 5) is 0. The lowest BCUT2D eigenvalue weighted by Crippen LogP contribution is -2.35. The Morgan fingerprint density at radius 3 is 2.63 bits per heavy atom. The smallest absolute Gasteiger partial charge is 0.144 e. The predicted octanol–water partition coefficient (Wildman–Crippen LogP) is 2.71. The van der Waals surface area contributed by atoms with Crippen molar-refractivity contribution in [2.24, 2.45) is 16.3 Å². The highest BCUT2D eigenvalue weighted by atomic mass is 16.4. The second-order valence-electron chi connectivity index (χ2n) is 5.66. The number of nitrogens with two attached hydrogens (primary N) is 1. The van der Waals surface area contributed by atoms with Gasteiger partial charge in [-0.25, -0.2) is 0 Å². The third-order valence-electron chi connectivity index (χ3n) is 3.55. The summed E-state index contributed by atoms with van der Waals surface area (Å²) in [6, 6.07) is 2.28. The first-order valence-corrected chi connectivity index (χ1v) is 6.56. The molecule has 1 atom stereocenters. The fourth-order valence-corrected chi connectivity index (χ4v) is 2.05. The van der Waals surface area contributed by atoms with E-state index in [4.69, 9.17) is 15.4 Å². The van der Waals surface area contributed by atoms with Crippen molar-refractivity contribution >= 4 is 5.84 Å². The average molecular weight is 267 g/mol. The third-order valence-corrected chi connectivity index (χ3v) is 3.55. The monoisotopic (exact) mass is 267 g/mol. The van der Waals surface area contributed by atoms with Gasteiger partial charge < -0.3 is 20.7 Å². The Morgan fingerprint density at radius 2 is 2.16 bits per heavy atom. The van der Waals surface area contributed by atoms with Crippen molar-refractivity contribution in [3.63, 3.8) is 0 Å². The largest absolute Gasteiger partial charge is 0.466 e. The number of aryl methyl sites for hydroxylation is 2. The summed E-state index contributed by atoms with van der Waals surface area (Å²) in [7, 11) is 0. The second-order valence-corrected chi connectivity index (χ2v) is 5.66. The normalized spacial score (nSPS) is 14.7. The van der Waals surface area contributed by atoms with E-state index in [9.17, 15) is 0 Å². The molecule has 0 aromatic carbocycles. The van der Waals surface area contributed by atoms with E-state index < -0.39 is 0 Å². The van der Waals surface area contributed by atoms with E-state index in [2.05, 4.69) is 23.5 Å². The topological polar surface area (TPSA) is 83.8 Å². The van der Waals surface area contributed by atoms with Crippen LogP contribution in [0.1, 0.15) is 50.3 Å². The molecule has 4 N–H and O–H groups in total. The summed E-state index contributed by atoms with van der Waals surface area (Å²) >= 11 is 0. The maximum absolute atomic E-state index is 8.73. The molecule has 0 aliphatic rings. The minimum absolute atomic E-state index is 0.223. The molecule has 0 saturated carbocycles. The number of nitrogens with zero attached hydrogens (tertiary/aromatic N) is 1. The quantitative estimate of drug-likeness (QED) is 0.320. The fraction of sp³-hybridized carbons (Fsp3) is 0.643. The van der Waals surface area contributed by atoms with Crippen LogP contribution in [-0.4, -0.2) is 17.6 Å². The number of nitrogens with one attached hydrogen (secondary N) is 1. The fourth-order valence-electron chi connectivity index (χ4n) is 2.05. The molecule has 0 radical (unpaired) electrons. The highest BCUT2D eigenvalue weighted by Crippen LogP contribution is 2.23. The molecule has 1 rings (SSSR count). The number of hydrogen-bond donors (Lipinski definition) is 3. The molecule has 1 aromatic heterocycles. The van der Waals surface area contributed by atoms with Gasteiger partial charge in [-0.15, -0.1) is 0 Å². The van der Waals surface area contributed by atoms with Crippen LogP contribution in [0.4, 0.5) is 0 Å². The number of oxime groups is 1. The Kier molecular flexibility index (Phi) is 5.00. The Labute approximate surface area is 114 Å². The van der Waals surface area contributed by atoms with Gasteiger partial charge in [0.25, 0.3) is 0 Å². The molecule has 0 amide bonds. The zero-order valence-corrected chi connectivity index (χ0v) is 12.4. The van der Waals surface area contributed by atoms with Crippen LogP contribution in [0.5, 0.6) is 0 Å². The molecule has 0 aliphatic heterocycles. The van der Waals surface area contributed by atoms with Crippen LogP contribution >= 0.6 is 0 Å². The van der Waals surface area contributed by atoms with E-state index in [1.165, 1.54) is 5.56 Å². The summed E-state index contributed by atoms with van der Waals surface area (Å²) in [6.07, 6.45) is 0.795. The maximum atomic E-state index is 8.73. The first kappa shape index (κ1) is 15.6. The third kappa shape index (κ3) is 3.99. The summed E-state index contributed by atoms with van der Waals surface area (Å²) < 4.78 is 5.53. The van der Waals surface area contributed by atoms with E-state index in [1.54, 1.807) is 0 Å². The zero-order chi connectivity index (χ0) is 14.6. The van der Waals surface area contributed by atoms with Gasteiger partial charge in [0.2, 0.25) is 0 Å². The lowest BCUT2D eigenvalue weighted by molar-refractivity contribution is 0.304. The summed E-state index contributed by atoms with van der Waals surface area (Å²) in [5, 5.41) is 15.2. The van der Waals surface area contributed by atoms with Gasteiger partial charge in [0, 0.05) is 17.0 Å². The Morgan fingerprint density at radius 1 is 1.53 bits per heavy atom. The van der Waals surface area contributed by atoms with Gasteiger partial charge in [0.15, 0.2) is 0 Å². The average Bonchev–Trinajstić information content (AvgIpc) is 2.67. The second kappa shape index (κ2) is 6.10. The molecule has 1 heterocycles. The van der Waals surface area contributed by atoms with Gasteiger partial charge in [0.1, 0.15) is 17.4 Å². The first-order valence-electron chi connectivity index (χ1n) is 6.56. The van der Waals surface area contributed by atoms with E-state index in [0.717, 1.165) is 24.5 Å². The molecule has 19 heavy (non-hydrogen) atoms. The molecule has 0 spiro atoms. The summed E-state index contributed by atoms with van der Waals surface area (Å²) in [5.74, 6) is 2.14. The molecule has 1 unspecified atom stereocenters. The van der Waals surface area contributed by atoms with Crippen molar-refractivity contribution < 1.29 is 9.62 Å². The van der Waals surface area contributed by atoms with Crippen molar-refractivity contribution in [1.82, 2.24) is 5.32 Å². The first-order chi connectivity index (χ1) is 8.77. The van der Waals surface area contributed by atoms with Crippen molar-refractivity contribution in [2.45, 2.75) is 47.1 Å². The van der Waals surface area contributed by atoms with Crippen molar-refractivity contribution in [2.75, 3.05) is 6.54 Å². The van der Waals surface area contributed by atoms with Crippen molar-refractivity contribution in [3.05, 3.63) is 23.2 Å². The summed E-state index contributed by atoms with van der Waals surface area (Å²) in [5.41, 5.74) is 6.53. The van der Waals surface area contributed by atoms with E-state index in [-0.39, 0.29) is 17.3 Å². The van der Waals surface area contributed by atoms with Gasteiger partial charge in [-0.2, -0.15) is 0 Å². The van der Waals surface area contributed by atoms with E-state index in [1.807, 2.05) is 27.7 Å². The van der Waals surface area contributed by atoms with Crippen LogP contribution in [0.15, 0.2) is 15.6 Å². The van der Waals surface area contributed by atoms with Gasteiger partial charge in [-0.05, 0) is 39.8 Å². The Hall–Kier alpha value is -1.49. The number of hydrogen-bond acceptors (Lipinski definition) is 4. The minimum Gasteiger partial charge on any atom is -0.466 e. The van der Waals surface area contributed by atoms with E-state index in [0.29, 0.717) is 0 Å². The molecular formula is C14H25N3O2. The van der Waals surface area contributed by atoms with Crippen molar-refractivity contribution in [1.29, 1.82) is 0 Å². The van der Waals surface area contributed by atoms with Crippen LogP contribution in [0.3, 0.4) is 0 Å². The van der Waals surface area contributed by atoms with Crippen LogP contribution in [0, 0.1) is 19.3 Å². The molecule has 0 aliphatic carbocycles. The summed E-state index contributed by atoms with van der Waals surface area (Å²) in [6.45, 7) is 10.7. The standard InChI is InChI=1S/C14H25N3O2/c1-9-8-12(11(3)19-9)10(2)16-7-6-14(4,5)13(15)17-18/h8,10,16,18H,6-7H2,1-5H3,(H2,15,17). The van der Waals surface area contributed by atoms with Gasteiger partial charge >= 0.3 is 0 Å². The number of amidine groups is 1. The maximum Gasteiger partial charge on any atom is 0.144 e. The number of furan rings is 1.